The second kappa shape index (κ2) is 7.77. The number of ether oxygens (including phenoxy) is 1. The van der Waals surface area contributed by atoms with Gasteiger partial charge in [0.1, 0.15) is 0 Å². The maximum atomic E-state index is 12.4. The van der Waals surface area contributed by atoms with Crippen molar-refractivity contribution in [2.45, 2.75) is 6.92 Å². The summed E-state index contributed by atoms with van der Waals surface area (Å²) in [6.45, 7) is 4.76. The van der Waals surface area contributed by atoms with Crippen molar-refractivity contribution >= 4 is 28.3 Å². The van der Waals surface area contributed by atoms with Crippen molar-refractivity contribution < 1.29 is 9.53 Å². The molecule has 4 heterocycles. The number of nitrogens with zero attached hydrogens (tertiary/aromatic N) is 5. The molecular formula is C18H18N6O2S. The maximum Gasteiger partial charge on any atom is 0.260 e. The number of aromatic nitrogens is 4. The number of pyridine rings is 1. The predicted molar refractivity (Wildman–Crippen MR) is 103 cm³/mol. The number of rotatable bonds is 4. The summed E-state index contributed by atoms with van der Waals surface area (Å²) in [5, 5.41) is 5.23. The summed E-state index contributed by atoms with van der Waals surface area (Å²) in [5.74, 6) is 0.325. The maximum absolute atomic E-state index is 12.4. The third kappa shape index (κ3) is 3.93. The van der Waals surface area contributed by atoms with Gasteiger partial charge in [0, 0.05) is 48.3 Å². The standard InChI is InChI=1S/C18H18N6O2S/c1-12-14(3-2-4-19-12)15-11-27-18(22-15)23-16(25)13-9-20-17(21-10-13)24-5-7-26-8-6-24/h2-4,9-11H,5-8H2,1H3,(H,22,23,25). The molecule has 8 nitrogen and oxygen atoms in total. The Labute approximate surface area is 160 Å². The zero-order valence-corrected chi connectivity index (χ0v) is 15.6. The zero-order chi connectivity index (χ0) is 18.6. The van der Waals surface area contributed by atoms with E-state index in [1.165, 1.54) is 23.7 Å². The number of amides is 1. The summed E-state index contributed by atoms with van der Waals surface area (Å²) in [7, 11) is 0. The van der Waals surface area contributed by atoms with Crippen LogP contribution in [0.1, 0.15) is 16.1 Å². The first-order valence-corrected chi connectivity index (χ1v) is 9.42. The number of carbonyl (C=O) groups is 1. The number of hydrogen-bond acceptors (Lipinski definition) is 8. The molecule has 0 spiro atoms. The fraction of sp³-hybridized carbons (Fsp3) is 0.278. The summed E-state index contributed by atoms with van der Waals surface area (Å²) in [6.07, 6.45) is 4.81. The minimum atomic E-state index is -0.285. The van der Waals surface area contributed by atoms with Gasteiger partial charge < -0.3 is 9.64 Å². The molecule has 1 aliphatic rings. The molecule has 4 rings (SSSR count). The van der Waals surface area contributed by atoms with E-state index in [-0.39, 0.29) is 5.91 Å². The van der Waals surface area contributed by atoms with Crippen LogP contribution in [0.15, 0.2) is 36.1 Å². The van der Waals surface area contributed by atoms with E-state index in [2.05, 4.69) is 25.3 Å². The Morgan fingerprint density at radius 1 is 1.22 bits per heavy atom. The highest BCUT2D eigenvalue weighted by Crippen LogP contribution is 2.26. The van der Waals surface area contributed by atoms with Gasteiger partial charge in [-0.3, -0.25) is 15.1 Å². The van der Waals surface area contributed by atoms with E-state index >= 15 is 0 Å². The average molecular weight is 382 g/mol. The van der Waals surface area contributed by atoms with Crippen LogP contribution < -0.4 is 10.2 Å². The molecule has 3 aromatic rings. The van der Waals surface area contributed by atoms with Gasteiger partial charge in [0.2, 0.25) is 5.95 Å². The Morgan fingerprint density at radius 3 is 2.74 bits per heavy atom. The predicted octanol–water partition coefficient (Wildman–Crippen LogP) is 2.39. The van der Waals surface area contributed by atoms with Gasteiger partial charge in [-0.1, -0.05) is 0 Å². The largest absolute Gasteiger partial charge is 0.378 e. The van der Waals surface area contributed by atoms with Crippen molar-refractivity contribution in [3.8, 4) is 11.3 Å². The van der Waals surface area contributed by atoms with Crippen molar-refractivity contribution in [3.05, 3.63) is 47.4 Å². The molecule has 0 atom stereocenters. The first-order chi connectivity index (χ1) is 13.2. The van der Waals surface area contributed by atoms with Crippen LogP contribution in [0, 0.1) is 6.92 Å². The Kier molecular flexibility index (Phi) is 5.03. The molecule has 0 radical (unpaired) electrons. The third-order valence-electron chi connectivity index (χ3n) is 4.20. The molecule has 0 unspecified atom stereocenters. The average Bonchev–Trinajstić information content (AvgIpc) is 3.17. The molecule has 1 fully saturated rings. The lowest BCUT2D eigenvalue weighted by molar-refractivity contribution is 0.102. The van der Waals surface area contributed by atoms with Gasteiger partial charge >= 0.3 is 0 Å². The van der Waals surface area contributed by atoms with Crippen molar-refractivity contribution in [3.63, 3.8) is 0 Å². The van der Waals surface area contributed by atoms with Crippen LogP contribution >= 0.6 is 11.3 Å². The summed E-state index contributed by atoms with van der Waals surface area (Å²) >= 11 is 1.37. The monoisotopic (exact) mass is 382 g/mol. The summed E-state index contributed by atoms with van der Waals surface area (Å²) in [4.78, 5) is 31.8. The van der Waals surface area contributed by atoms with Gasteiger partial charge in [0.15, 0.2) is 5.13 Å². The summed E-state index contributed by atoms with van der Waals surface area (Å²) in [6, 6.07) is 3.83. The topological polar surface area (TPSA) is 93.1 Å². The lowest BCUT2D eigenvalue weighted by Crippen LogP contribution is -2.37. The molecular weight excluding hydrogens is 364 g/mol. The smallest absolute Gasteiger partial charge is 0.260 e. The molecule has 9 heteroatoms. The Morgan fingerprint density at radius 2 is 2.00 bits per heavy atom. The van der Waals surface area contributed by atoms with Crippen LogP contribution in [0.2, 0.25) is 0 Å². The van der Waals surface area contributed by atoms with Crippen molar-refractivity contribution in [2.75, 3.05) is 36.5 Å². The molecule has 0 bridgehead atoms. The van der Waals surface area contributed by atoms with Crippen molar-refractivity contribution in [2.24, 2.45) is 0 Å². The number of morpholine rings is 1. The minimum Gasteiger partial charge on any atom is -0.378 e. The van der Waals surface area contributed by atoms with E-state index < -0.39 is 0 Å². The third-order valence-corrected chi connectivity index (χ3v) is 4.96. The van der Waals surface area contributed by atoms with Gasteiger partial charge in [0.05, 0.1) is 24.5 Å². The molecule has 1 aliphatic heterocycles. The van der Waals surface area contributed by atoms with Crippen LogP contribution in [0.3, 0.4) is 0 Å². The fourth-order valence-electron chi connectivity index (χ4n) is 2.74. The second-order valence-corrected chi connectivity index (χ2v) is 6.86. The fourth-order valence-corrected chi connectivity index (χ4v) is 3.45. The summed E-state index contributed by atoms with van der Waals surface area (Å²) in [5.41, 5.74) is 3.03. The Balaban J connectivity index is 1.44. The van der Waals surface area contributed by atoms with Crippen LogP contribution in [-0.2, 0) is 4.74 Å². The quantitative estimate of drug-likeness (QED) is 0.740. The lowest BCUT2D eigenvalue weighted by Gasteiger charge is -2.26. The minimum absolute atomic E-state index is 0.285. The highest BCUT2D eigenvalue weighted by molar-refractivity contribution is 7.14. The lowest BCUT2D eigenvalue weighted by atomic mass is 10.1. The molecule has 0 aliphatic carbocycles. The number of carbonyl (C=O) groups excluding carboxylic acids is 1. The van der Waals surface area contributed by atoms with E-state index in [1.54, 1.807) is 6.20 Å². The van der Waals surface area contributed by atoms with Gasteiger partial charge in [-0.15, -0.1) is 11.3 Å². The highest BCUT2D eigenvalue weighted by atomic mass is 32.1. The highest BCUT2D eigenvalue weighted by Gasteiger charge is 2.16. The van der Waals surface area contributed by atoms with E-state index in [9.17, 15) is 4.79 Å². The first-order valence-electron chi connectivity index (χ1n) is 8.54. The normalized spacial score (nSPS) is 14.2. The van der Waals surface area contributed by atoms with Gasteiger partial charge in [-0.2, -0.15) is 0 Å². The van der Waals surface area contributed by atoms with Crippen LogP contribution in [0.4, 0.5) is 11.1 Å². The van der Waals surface area contributed by atoms with E-state index in [0.717, 1.165) is 30.0 Å². The van der Waals surface area contributed by atoms with E-state index in [1.807, 2.05) is 29.3 Å². The number of anilines is 2. The van der Waals surface area contributed by atoms with Gasteiger partial charge in [-0.25, -0.2) is 15.0 Å². The molecule has 1 amide bonds. The van der Waals surface area contributed by atoms with Crippen LogP contribution in [-0.4, -0.2) is 52.1 Å². The van der Waals surface area contributed by atoms with E-state index in [4.69, 9.17) is 4.74 Å². The van der Waals surface area contributed by atoms with Gasteiger partial charge in [0.25, 0.3) is 5.91 Å². The molecule has 138 valence electrons. The SMILES string of the molecule is Cc1ncccc1-c1csc(NC(=O)c2cnc(N3CCOCC3)nc2)n1. The van der Waals surface area contributed by atoms with Gasteiger partial charge in [-0.05, 0) is 19.1 Å². The molecule has 0 saturated carbocycles. The molecule has 0 aromatic carbocycles. The second-order valence-electron chi connectivity index (χ2n) is 6.00. The Bertz CT molecular complexity index is 937. The van der Waals surface area contributed by atoms with Crippen molar-refractivity contribution in [1.29, 1.82) is 0 Å². The molecule has 1 saturated heterocycles. The molecule has 3 aromatic heterocycles. The number of nitrogens with one attached hydrogen (secondary N) is 1. The zero-order valence-electron chi connectivity index (χ0n) is 14.8. The summed E-state index contributed by atoms with van der Waals surface area (Å²) < 4.78 is 5.32. The molecule has 27 heavy (non-hydrogen) atoms. The van der Waals surface area contributed by atoms with Crippen LogP contribution in [0.5, 0.6) is 0 Å². The van der Waals surface area contributed by atoms with Crippen molar-refractivity contribution in [1.82, 2.24) is 19.9 Å². The number of hydrogen-bond donors (Lipinski definition) is 1. The first kappa shape index (κ1) is 17.5. The number of aryl methyl sites for hydroxylation is 1. The Hall–Kier alpha value is -2.91. The molecule has 1 N–H and O–H groups in total. The van der Waals surface area contributed by atoms with E-state index in [0.29, 0.717) is 29.9 Å². The van der Waals surface area contributed by atoms with Crippen LogP contribution in [0.25, 0.3) is 11.3 Å². The number of thiazole rings is 1.